The van der Waals surface area contributed by atoms with E-state index in [9.17, 15) is 0 Å². The van der Waals surface area contributed by atoms with Crippen molar-refractivity contribution in [3.63, 3.8) is 0 Å². The largest absolute Gasteiger partial charge is 0.495 e. The molecule has 2 aromatic rings. The van der Waals surface area contributed by atoms with Crippen LogP contribution < -0.4 is 20.3 Å². The van der Waals surface area contributed by atoms with Crippen LogP contribution in [0.5, 0.6) is 5.75 Å². The van der Waals surface area contributed by atoms with E-state index in [-0.39, 0.29) is 0 Å². The molecule has 26 heavy (non-hydrogen) atoms. The molecule has 0 spiro atoms. The van der Waals surface area contributed by atoms with E-state index < -0.39 is 0 Å². The first-order chi connectivity index (χ1) is 12.7. The number of aromatic nitrogens is 1. The van der Waals surface area contributed by atoms with Gasteiger partial charge in [0.1, 0.15) is 5.75 Å². The van der Waals surface area contributed by atoms with Crippen molar-refractivity contribution in [3.05, 3.63) is 40.3 Å². The summed E-state index contributed by atoms with van der Waals surface area (Å²) >= 11 is 1.66. The lowest BCUT2D eigenvalue weighted by Gasteiger charge is -2.22. The lowest BCUT2D eigenvalue weighted by Crippen LogP contribution is -2.44. The molecule has 6 nitrogen and oxygen atoms in total. The van der Waals surface area contributed by atoms with Crippen molar-refractivity contribution in [2.75, 3.05) is 31.6 Å². The van der Waals surface area contributed by atoms with Gasteiger partial charge in [0.05, 0.1) is 30.5 Å². The monoisotopic (exact) mass is 373 g/mol. The minimum atomic E-state index is 0.361. The number of ether oxygens (including phenoxy) is 1. The minimum absolute atomic E-state index is 0.361. The SMILES string of the molecule is CCNC(=NCc1scnc1C)NC1CCN(c2ccccc2OC)C1. The normalized spacial score (nSPS) is 17.4. The van der Waals surface area contributed by atoms with E-state index in [1.54, 1.807) is 18.4 Å². The Balaban J connectivity index is 1.62. The molecule has 3 rings (SSSR count). The van der Waals surface area contributed by atoms with Crippen molar-refractivity contribution >= 4 is 23.0 Å². The molecule has 1 aliphatic heterocycles. The van der Waals surface area contributed by atoms with Gasteiger partial charge in [-0.25, -0.2) is 9.98 Å². The number of anilines is 1. The zero-order valence-corrected chi connectivity index (χ0v) is 16.5. The van der Waals surface area contributed by atoms with Gasteiger partial charge >= 0.3 is 0 Å². The third-order valence-corrected chi connectivity index (χ3v) is 5.44. The molecule has 2 N–H and O–H groups in total. The summed E-state index contributed by atoms with van der Waals surface area (Å²) in [4.78, 5) is 12.6. The quantitative estimate of drug-likeness (QED) is 0.602. The van der Waals surface area contributed by atoms with Gasteiger partial charge in [0.25, 0.3) is 0 Å². The van der Waals surface area contributed by atoms with Crippen LogP contribution in [0.1, 0.15) is 23.9 Å². The first-order valence-corrected chi connectivity index (χ1v) is 9.91. The Labute approximate surface area is 159 Å². The van der Waals surface area contributed by atoms with E-state index in [2.05, 4.69) is 39.6 Å². The number of nitrogens with one attached hydrogen (secondary N) is 2. The topological polar surface area (TPSA) is 61.8 Å². The maximum Gasteiger partial charge on any atom is 0.191 e. The van der Waals surface area contributed by atoms with Gasteiger partial charge in [0.2, 0.25) is 0 Å². The maximum absolute atomic E-state index is 5.50. The fraction of sp³-hybridized carbons (Fsp3) is 0.474. The van der Waals surface area contributed by atoms with Gasteiger partial charge in [0, 0.05) is 30.6 Å². The third-order valence-electron chi connectivity index (χ3n) is 4.52. The molecule has 140 valence electrons. The number of benzene rings is 1. The number of para-hydroxylation sites is 2. The summed E-state index contributed by atoms with van der Waals surface area (Å²) in [6.45, 7) is 7.57. The summed E-state index contributed by atoms with van der Waals surface area (Å²) in [5.41, 5.74) is 4.10. The summed E-state index contributed by atoms with van der Waals surface area (Å²) in [5.74, 6) is 1.79. The average Bonchev–Trinajstić information content (AvgIpc) is 3.29. The second-order valence-corrected chi connectivity index (χ2v) is 7.24. The van der Waals surface area contributed by atoms with E-state index in [1.807, 2.05) is 24.6 Å². The van der Waals surface area contributed by atoms with Crippen molar-refractivity contribution in [2.24, 2.45) is 4.99 Å². The molecule has 0 saturated carbocycles. The van der Waals surface area contributed by atoms with Crippen LogP contribution in [0.2, 0.25) is 0 Å². The van der Waals surface area contributed by atoms with Crippen molar-refractivity contribution in [1.82, 2.24) is 15.6 Å². The summed E-state index contributed by atoms with van der Waals surface area (Å²) in [6, 6.07) is 8.55. The summed E-state index contributed by atoms with van der Waals surface area (Å²) in [7, 11) is 1.72. The molecule has 1 saturated heterocycles. The van der Waals surface area contributed by atoms with Crippen LogP contribution in [0.3, 0.4) is 0 Å². The molecule has 1 aliphatic rings. The third kappa shape index (κ3) is 4.46. The molecule has 1 unspecified atom stereocenters. The standard InChI is InChI=1S/C19H27N5OS/c1-4-20-19(21-11-18-14(2)22-13-26-18)23-15-9-10-24(12-15)16-7-5-6-8-17(16)25-3/h5-8,13,15H,4,9-12H2,1-3H3,(H2,20,21,23). The Morgan fingerprint density at radius 1 is 1.42 bits per heavy atom. The number of thiazole rings is 1. The highest BCUT2D eigenvalue weighted by molar-refractivity contribution is 7.09. The highest BCUT2D eigenvalue weighted by atomic mass is 32.1. The molecule has 0 aliphatic carbocycles. The molecule has 0 bridgehead atoms. The van der Waals surface area contributed by atoms with Crippen LogP contribution in [0.4, 0.5) is 5.69 Å². The number of aryl methyl sites for hydroxylation is 1. The minimum Gasteiger partial charge on any atom is -0.495 e. The van der Waals surface area contributed by atoms with E-state index in [4.69, 9.17) is 9.73 Å². The molecule has 1 atom stereocenters. The summed E-state index contributed by atoms with van der Waals surface area (Å²) in [5, 5.41) is 6.93. The number of hydrogen-bond donors (Lipinski definition) is 2. The molecule has 1 aromatic heterocycles. The van der Waals surface area contributed by atoms with Gasteiger partial charge in [-0.05, 0) is 32.4 Å². The second kappa shape index (κ2) is 8.89. The Morgan fingerprint density at radius 3 is 3.00 bits per heavy atom. The zero-order valence-electron chi connectivity index (χ0n) is 15.7. The van der Waals surface area contributed by atoms with Gasteiger partial charge in [-0.15, -0.1) is 11.3 Å². The first-order valence-electron chi connectivity index (χ1n) is 9.03. The zero-order chi connectivity index (χ0) is 18.4. The Hall–Kier alpha value is -2.28. The van der Waals surface area contributed by atoms with Crippen molar-refractivity contribution in [2.45, 2.75) is 32.9 Å². The van der Waals surface area contributed by atoms with E-state index in [1.165, 1.54) is 4.88 Å². The summed E-state index contributed by atoms with van der Waals surface area (Å²) < 4.78 is 5.50. The first kappa shape index (κ1) is 18.5. The van der Waals surface area contributed by atoms with Crippen LogP contribution >= 0.6 is 11.3 Å². The number of aliphatic imine (C=N–C) groups is 1. The van der Waals surface area contributed by atoms with Gasteiger partial charge in [-0.1, -0.05) is 12.1 Å². The highest BCUT2D eigenvalue weighted by Gasteiger charge is 2.25. The predicted octanol–water partition coefficient (Wildman–Crippen LogP) is 2.79. The molecule has 2 heterocycles. The van der Waals surface area contributed by atoms with Gasteiger partial charge in [-0.3, -0.25) is 0 Å². The maximum atomic E-state index is 5.50. The van der Waals surface area contributed by atoms with Crippen LogP contribution in [0.25, 0.3) is 0 Å². The van der Waals surface area contributed by atoms with Crippen LogP contribution in [-0.2, 0) is 6.54 Å². The number of nitrogens with zero attached hydrogens (tertiary/aromatic N) is 3. The van der Waals surface area contributed by atoms with Gasteiger partial charge < -0.3 is 20.3 Å². The summed E-state index contributed by atoms with van der Waals surface area (Å²) in [6.07, 6.45) is 1.07. The van der Waals surface area contributed by atoms with Crippen LogP contribution in [0, 0.1) is 6.92 Å². The highest BCUT2D eigenvalue weighted by Crippen LogP contribution is 2.30. The fourth-order valence-corrected chi connectivity index (χ4v) is 3.83. The predicted molar refractivity (Wildman–Crippen MR) is 108 cm³/mol. The number of guanidine groups is 1. The van der Waals surface area contributed by atoms with Crippen molar-refractivity contribution in [1.29, 1.82) is 0 Å². The second-order valence-electron chi connectivity index (χ2n) is 6.30. The average molecular weight is 374 g/mol. The molecular weight excluding hydrogens is 346 g/mol. The molecule has 0 radical (unpaired) electrons. The molecule has 0 amide bonds. The van der Waals surface area contributed by atoms with E-state index in [0.717, 1.165) is 49.1 Å². The van der Waals surface area contributed by atoms with E-state index in [0.29, 0.717) is 12.6 Å². The Kier molecular flexibility index (Phi) is 6.33. The van der Waals surface area contributed by atoms with Crippen molar-refractivity contribution < 1.29 is 4.74 Å². The molecular formula is C19H27N5OS. The van der Waals surface area contributed by atoms with Gasteiger partial charge in [-0.2, -0.15) is 0 Å². The number of methoxy groups -OCH3 is 1. The van der Waals surface area contributed by atoms with Crippen LogP contribution in [0.15, 0.2) is 34.8 Å². The smallest absolute Gasteiger partial charge is 0.191 e. The van der Waals surface area contributed by atoms with Crippen molar-refractivity contribution in [3.8, 4) is 5.75 Å². The lowest BCUT2D eigenvalue weighted by molar-refractivity contribution is 0.415. The molecule has 1 aromatic carbocycles. The number of rotatable bonds is 6. The van der Waals surface area contributed by atoms with E-state index >= 15 is 0 Å². The Morgan fingerprint density at radius 2 is 2.27 bits per heavy atom. The fourth-order valence-electron chi connectivity index (χ4n) is 3.13. The molecule has 1 fully saturated rings. The lowest BCUT2D eigenvalue weighted by atomic mass is 10.2. The van der Waals surface area contributed by atoms with Gasteiger partial charge in [0.15, 0.2) is 5.96 Å². The van der Waals surface area contributed by atoms with Crippen LogP contribution in [-0.4, -0.2) is 43.7 Å². The molecule has 7 heteroatoms. The number of hydrogen-bond acceptors (Lipinski definition) is 5. The Bertz CT molecular complexity index is 745.